The van der Waals surface area contributed by atoms with Crippen LogP contribution in [0, 0.1) is 5.92 Å². The average molecular weight is 256 g/mol. The maximum absolute atomic E-state index is 6.12. The Kier molecular flexibility index (Phi) is 4.66. The normalized spacial score (nSPS) is 14.9. The molecule has 0 radical (unpaired) electrons. The molecular formula is C13H18ClNO2. The van der Waals surface area contributed by atoms with Crippen molar-refractivity contribution < 1.29 is 9.47 Å². The van der Waals surface area contributed by atoms with Gasteiger partial charge in [0, 0.05) is 17.1 Å². The molecule has 0 bridgehead atoms. The number of hydrogen-bond acceptors (Lipinski definition) is 3. The molecule has 1 saturated carbocycles. The lowest BCUT2D eigenvalue weighted by atomic mass is 10.2. The van der Waals surface area contributed by atoms with Gasteiger partial charge in [0.15, 0.2) is 6.79 Å². The number of rotatable bonds is 7. The molecule has 1 aromatic rings. The molecular weight excluding hydrogens is 238 g/mol. The summed E-state index contributed by atoms with van der Waals surface area (Å²) in [6.45, 7) is 1.80. The average Bonchev–Trinajstić information content (AvgIpc) is 3.12. The third kappa shape index (κ3) is 3.87. The van der Waals surface area contributed by atoms with Crippen molar-refractivity contribution in [3.05, 3.63) is 28.8 Å². The third-order valence-corrected chi connectivity index (χ3v) is 3.13. The van der Waals surface area contributed by atoms with Gasteiger partial charge in [0.1, 0.15) is 5.75 Å². The van der Waals surface area contributed by atoms with E-state index in [-0.39, 0.29) is 0 Å². The number of halogens is 1. The van der Waals surface area contributed by atoms with E-state index in [1.807, 2.05) is 25.2 Å². The summed E-state index contributed by atoms with van der Waals surface area (Å²) in [7, 11) is 1.89. The highest BCUT2D eigenvalue weighted by atomic mass is 35.5. The fourth-order valence-corrected chi connectivity index (χ4v) is 1.86. The van der Waals surface area contributed by atoms with E-state index in [0.717, 1.165) is 28.9 Å². The monoisotopic (exact) mass is 255 g/mol. The highest BCUT2D eigenvalue weighted by Gasteiger charge is 2.21. The van der Waals surface area contributed by atoms with Gasteiger partial charge < -0.3 is 14.8 Å². The minimum atomic E-state index is 0.299. The lowest BCUT2D eigenvalue weighted by molar-refractivity contribution is 0.00944. The number of benzene rings is 1. The molecule has 0 heterocycles. The van der Waals surface area contributed by atoms with Gasteiger partial charge >= 0.3 is 0 Å². The second-order valence-electron chi connectivity index (χ2n) is 4.32. The molecule has 1 N–H and O–H groups in total. The topological polar surface area (TPSA) is 30.5 Å². The Morgan fingerprint density at radius 1 is 1.41 bits per heavy atom. The largest absolute Gasteiger partial charge is 0.467 e. The van der Waals surface area contributed by atoms with Gasteiger partial charge in [-0.25, -0.2) is 0 Å². The number of hydrogen-bond donors (Lipinski definition) is 1. The zero-order valence-corrected chi connectivity index (χ0v) is 10.8. The van der Waals surface area contributed by atoms with Crippen LogP contribution in [0.5, 0.6) is 5.75 Å². The third-order valence-electron chi connectivity index (χ3n) is 2.78. The summed E-state index contributed by atoms with van der Waals surface area (Å²) in [5.74, 6) is 1.55. The quantitative estimate of drug-likeness (QED) is 0.600. The smallest absolute Gasteiger partial charge is 0.189 e. The Bertz CT molecular complexity index is 366. The standard InChI is InChI=1S/C13H18ClNO2/c1-15-7-11-12(14)3-2-4-13(11)17-9-16-8-10-5-6-10/h2-4,10,15H,5-9H2,1H3. The molecule has 1 fully saturated rings. The fraction of sp³-hybridized carbons (Fsp3) is 0.538. The molecule has 4 heteroatoms. The molecule has 0 saturated heterocycles. The Morgan fingerprint density at radius 2 is 2.24 bits per heavy atom. The fourth-order valence-electron chi connectivity index (χ4n) is 1.63. The molecule has 3 nitrogen and oxygen atoms in total. The van der Waals surface area contributed by atoms with Gasteiger partial charge in [0.25, 0.3) is 0 Å². The van der Waals surface area contributed by atoms with Crippen LogP contribution in [-0.2, 0) is 11.3 Å². The van der Waals surface area contributed by atoms with E-state index in [4.69, 9.17) is 21.1 Å². The van der Waals surface area contributed by atoms with Crippen molar-refractivity contribution in [1.29, 1.82) is 0 Å². The first-order chi connectivity index (χ1) is 8.31. The molecule has 2 rings (SSSR count). The summed E-state index contributed by atoms with van der Waals surface area (Å²) >= 11 is 6.12. The van der Waals surface area contributed by atoms with Crippen molar-refractivity contribution >= 4 is 11.6 Å². The van der Waals surface area contributed by atoms with Gasteiger partial charge in [-0.3, -0.25) is 0 Å². The van der Waals surface area contributed by atoms with Crippen LogP contribution < -0.4 is 10.1 Å². The first kappa shape index (κ1) is 12.7. The highest BCUT2D eigenvalue weighted by molar-refractivity contribution is 6.31. The van der Waals surface area contributed by atoms with Gasteiger partial charge in [-0.05, 0) is 37.9 Å². The first-order valence-electron chi connectivity index (χ1n) is 5.94. The molecule has 1 aliphatic carbocycles. The van der Waals surface area contributed by atoms with Crippen molar-refractivity contribution in [1.82, 2.24) is 5.32 Å². The minimum Gasteiger partial charge on any atom is -0.467 e. The molecule has 0 aliphatic heterocycles. The SMILES string of the molecule is CNCc1c(Cl)cccc1OCOCC1CC1. The molecule has 94 valence electrons. The van der Waals surface area contributed by atoms with Crippen molar-refractivity contribution in [2.45, 2.75) is 19.4 Å². The van der Waals surface area contributed by atoms with E-state index in [1.165, 1.54) is 12.8 Å². The van der Waals surface area contributed by atoms with E-state index >= 15 is 0 Å². The van der Waals surface area contributed by atoms with Crippen LogP contribution in [0.1, 0.15) is 18.4 Å². The van der Waals surface area contributed by atoms with Gasteiger partial charge in [0.2, 0.25) is 0 Å². The van der Waals surface area contributed by atoms with E-state index in [9.17, 15) is 0 Å². The van der Waals surface area contributed by atoms with Crippen molar-refractivity contribution in [3.8, 4) is 5.75 Å². The molecule has 0 amide bonds. The van der Waals surface area contributed by atoms with Crippen LogP contribution in [0.25, 0.3) is 0 Å². The van der Waals surface area contributed by atoms with Gasteiger partial charge in [-0.1, -0.05) is 17.7 Å². The maximum Gasteiger partial charge on any atom is 0.189 e. The van der Waals surface area contributed by atoms with E-state index in [1.54, 1.807) is 0 Å². The summed E-state index contributed by atoms with van der Waals surface area (Å²) in [5, 5.41) is 3.80. The second kappa shape index (κ2) is 6.24. The lowest BCUT2D eigenvalue weighted by Crippen LogP contribution is -2.10. The van der Waals surface area contributed by atoms with Crippen molar-refractivity contribution in [3.63, 3.8) is 0 Å². The number of nitrogens with one attached hydrogen (secondary N) is 1. The van der Waals surface area contributed by atoms with Crippen LogP contribution in [0.15, 0.2) is 18.2 Å². The van der Waals surface area contributed by atoms with Gasteiger partial charge in [-0.2, -0.15) is 0 Å². The van der Waals surface area contributed by atoms with E-state index in [2.05, 4.69) is 5.32 Å². The highest BCUT2D eigenvalue weighted by Crippen LogP contribution is 2.29. The Balaban J connectivity index is 1.86. The molecule has 0 aromatic heterocycles. The Morgan fingerprint density at radius 3 is 2.94 bits per heavy atom. The first-order valence-corrected chi connectivity index (χ1v) is 6.31. The van der Waals surface area contributed by atoms with Crippen LogP contribution >= 0.6 is 11.6 Å². The van der Waals surface area contributed by atoms with Crippen molar-refractivity contribution in [2.75, 3.05) is 20.4 Å². The van der Waals surface area contributed by atoms with E-state index in [0.29, 0.717) is 13.3 Å². The molecule has 0 atom stereocenters. The Hall–Kier alpha value is -0.770. The lowest BCUT2D eigenvalue weighted by Gasteiger charge is -2.12. The summed E-state index contributed by atoms with van der Waals surface area (Å²) < 4.78 is 11.1. The van der Waals surface area contributed by atoms with E-state index < -0.39 is 0 Å². The van der Waals surface area contributed by atoms with Crippen LogP contribution in [0.4, 0.5) is 0 Å². The minimum absolute atomic E-state index is 0.299. The van der Waals surface area contributed by atoms with Gasteiger partial charge in [-0.15, -0.1) is 0 Å². The second-order valence-corrected chi connectivity index (χ2v) is 4.73. The summed E-state index contributed by atoms with van der Waals surface area (Å²) in [4.78, 5) is 0. The van der Waals surface area contributed by atoms with Crippen LogP contribution in [0.2, 0.25) is 5.02 Å². The zero-order chi connectivity index (χ0) is 12.1. The zero-order valence-electron chi connectivity index (χ0n) is 10.0. The molecule has 17 heavy (non-hydrogen) atoms. The number of ether oxygens (including phenoxy) is 2. The summed E-state index contributed by atoms with van der Waals surface area (Å²) in [6, 6.07) is 5.67. The van der Waals surface area contributed by atoms with Gasteiger partial charge in [0.05, 0.1) is 6.61 Å². The van der Waals surface area contributed by atoms with Crippen molar-refractivity contribution in [2.24, 2.45) is 5.92 Å². The molecule has 0 unspecified atom stereocenters. The van der Waals surface area contributed by atoms with Crippen LogP contribution in [0.3, 0.4) is 0 Å². The summed E-state index contributed by atoms with van der Waals surface area (Å²) in [5.41, 5.74) is 0.978. The molecule has 1 aromatic carbocycles. The maximum atomic E-state index is 6.12. The molecule has 0 spiro atoms. The Labute approximate surface area is 107 Å². The summed E-state index contributed by atoms with van der Waals surface area (Å²) in [6.07, 6.45) is 2.59. The molecule has 1 aliphatic rings. The van der Waals surface area contributed by atoms with Crippen LogP contribution in [-0.4, -0.2) is 20.4 Å². The predicted molar refractivity (Wildman–Crippen MR) is 68.4 cm³/mol. The predicted octanol–water partition coefficient (Wildman–Crippen LogP) is 2.82.